The molecule has 0 bridgehead atoms. The summed E-state index contributed by atoms with van der Waals surface area (Å²) in [7, 11) is 0. The molecule has 4 heteroatoms. The van der Waals surface area contributed by atoms with E-state index in [9.17, 15) is 8.78 Å². The average Bonchev–Trinajstić information content (AvgIpc) is 2.40. The van der Waals surface area contributed by atoms with Crippen LogP contribution in [0.5, 0.6) is 5.75 Å². The smallest absolute Gasteiger partial charge is 0.285 e. The van der Waals surface area contributed by atoms with Gasteiger partial charge in [0.2, 0.25) is 0 Å². The van der Waals surface area contributed by atoms with Crippen LogP contribution in [0.2, 0.25) is 0 Å². The van der Waals surface area contributed by atoms with Gasteiger partial charge in [-0.05, 0) is 49.9 Å². The summed E-state index contributed by atoms with van der Waals surface area (Å²) in [6.45, 7) is -0.671. The van der Waals surface area contributed by atoms with Crippen LogP contribution in [-0.2, 0) is 5.92 Å². The Morgan fingerprint density at radius 3 is 2.28 bits per heavy atom. The Morgan fingerprint density at radius 1 is 1.11 bits per heavy atom. The first-order valence-electron chi connectivity index (χ1n) is 6.47. The van der Waals surface area contributed by atoms with Crippen molar-refractivity contribution >= 4 is 0 Å². The van der Waals surface area contributed by atoms with Crippen molar-refractivity contribution in [1.82, 2.24) is 0 Å². The summed E-state index contributed by atoms with van der Waals surface area (Å²) in [5.41, 5.74) is 4.99. The van der Waals surface area contributed by atoms with Crippen molar-refractivity contribution in [1.29, 1.82) is 0 Å². The van der Waals surface area contributed by atoms with E-state index in [0.717, 1.165) is 12.8 Å². The molecule has 1 aromatic rings. The first kappa shape index (κ1) is 13.3. The van der Waals surface area contributed by atoms with Crippen LogP contribution >= 0.6 is 0 Å². The predicted octanol–water partition coefficient (Wildman–Crippen LogP) is 3.45. The van der Waals surface area contributed by atoms with Crippen molar-refractivity contribution in [2.45, 2.75) is 44.1 Å². The summed E-state index contributed by atoms with van der Waals surface area (Å²) in [4.78, 5) is 0. The maximum Gasteiger partial charge on any atom is 0.285 e. The normalized spacial score (nSPS) is 17.7. The fourth-order valence-electron chi connectivity index (χ4n) is 2.27. The van der Waals surface area contributed by atoms with Crippen molar-refractivity contribution in [3.05, 3.63) is 29.8 Å². The van der Waals surface area contributed by atoms with Crippen LogP contribution in [0.3, 0.4) is 0 Å². The van der Waals surface area contributed by atoms with Crippen molar-refractivity contribution in [2.24, 2.45) is 5.73 Å². The second-order valence-electron chi connectivity index (χ2n) is 4.81. The zero-order valence-electron chi connectivity index (χ0n) is 10.4. The lowest BCUT2D eigenvalue weighted by Crippen LogP contribution is -2.25. The Labute approximate surface area is 106 Å². The molecule has 0 atom stereocenters. The molecule has 1 fully saturated rings. The quantitative estimate of drug-likeness (QED) is 0.894. The van der Waals surface area contributed by atoms with E-state index < -0.39 is 12.5 Å². The summed E-state index contributed by atoms with van der Waals surface area (Å²) < 4.78 is 32.4. The number of halogens is 2. The highest BCUT2D eigenvalue weighted by molar-refractivity contribution is 5.30. The van der Waals surface area contributed by atoms with Crippen LogP contribution in [0, 0.1) is 0 Å². The van der Waals surface area contributed by atoms with Crippen LogP contribution in [0.25, 0.3) is 0 Å². The van der Waals surface area contributed by atoms with Crippen molar-refractivity contribution in [3.8, 4) is 5.75 Å². The molecule has 1 saturated carbocycles. The molecule has 2 nitrogen and oxygen atoms in total. The molecule has 18 heavy (non-hydrogen) atoms. The van der Waals surface area contributed by atoms with Gasteiger partial charge in [0.1, 0.15) is 5.75 Å². The molecule has 0 radical (unpaired) electrons. The van der Waals surface area contributed by atoms with Gasteiger partial charge < -0.3 is 10.5 Å². The Balaban J connectivity index is 1.99. The third kappa shape index (κ3) is 3.19. The zero-order chi connectivity index (χ0) is 13.0. The molecule has 2 rings (SSSR count). The SMILES string of the molecule is NCC(F)(F)c1ccc(OC2CCCCC2)cc1. The Morgan fingerprint density at radius 2 is 1.72 bits per heavy atom. The maximum absolute atomic E-state index is 13.3. The Kier molecular flexibility index (Phi) is 4.17. The standard InChI is InChI=1S/C14H19F2NO/c15-14(16,10-17)11-6-8-13(9-7-11)18-12-4-2-1-3-5-12/h6-9,12H,1-5,10,17H2. The van der Waals surface area contributed by atoms with E-state index >= 15 is 0 Å². The minimum Gasteiger partial charge on any atom is -0.490 e. The van der Waals surface area contributed by atoms with Gasteiger partial charge in [0.25, 0.3) is 5.92 Å². The number of alkyl halides is 2. The summed E-state index contributed by atoms with van der Waals surface area (Å²) in [5.74, 6) is -2.29. The van der Waals surface area contributed by atoms with Gasteiger partial charge >= 0.3 is 0 Å². The van der Waals surface area contributed by atoms with Gasteiger partial charge in [0.05, 0.1) is 12.6 Å². The van der Waals surface area contributed by atoms with Crippen LogP contribution in [0.1, 0.15) is 37.7 Å². The molecule has 0 aromatic heterocycles. The Hall–Kier alpha value is -1.16. The summed E-state index contributed by atoms with van der Waals surface area (Å²) in [6, 6.07) is 6.00. The van der Waals surface area contributed by atoms with Gasteiger partial charge in [-0.3, -0.25) is 0 Å². The average molecular weight is 255 g/mol. The van der Waals surface area contributed by atoms with Crippen molar-refractivity contribution in [3.63, 3.8) is 0 Å². The van der Waals surface area contributed by atoms with E-state index in [2.05, 4.69) is 0 Å². The van der Waals surface area contributed by atoms with Crippen molar-refractivity contribution < 1.29 is 13.5 Å². The van der Waals surface area contributed by atoms with Gasteiger partial charge in [-0.25, -0.2) is 0 Å². The largest absolute Gasteiger partial charge is 0.490 e. The van der Waals surface area contributed by atoms with Gasteiger partial charge in [-0.2, -0.15) is 8.78 Å². The fraction of sp³-hybridized carbons (Fsp3) is 0.571. The molecule has 0 aliphatic heterocycles. The molecule has 1 aliphatic carbocycles. The van der Waals surface area contributed by atoms with Crippen LogP contribution in [0.15, 0.2) is 24.3 Å². The first-order valence-corrected chi connectivity index (χ1v) is 6.47. The summed E-state index contributed by atoms with van der Waals surface area (Å²) >= 11 is 0. The van der Waals surface area contributed by atoms with Gasteiger partial charge in [0.15, 0.2) is 0 Å². The van der Waals surface area contributed by atoms with Gasteiger partial charge in [-0.15, -0.1) is 0 Å². The van der Waals surface area contributed by atoms with Crippen LogP contribution < -0.4 is 10.5 Å². The zero-order valence-corrected chi connectivity index (χ0v) is 10.4. The molecule has 1 aliphatic rings. The molecular formula is C14H19F2NO. The highest BCUT2D eigenvalue weighted by Crippen LogP contribution is 2.29. The minimum absolute atomic E-state index is 0.0546. The predicted molar refractivity (Wildman–Crippen MR) is 66.9 cm³/mol. The molecule has 0 saturated heterocycles. The summed E-state index contributed by atoms with van der Waals surface area (Å²) in [5, 5.41) is 0. The lowest BCUT2D eigenvalue weighted by atomic mass is 9.98. The summed E-state index contributed by atoms with van der Waals surface area (Å²) in [6.07, 6.45) is 5.99. The second kappa shape index (κ2) is 5.65. The van der Waals surface area contributed by atoms with Gasteiger partial charge in [0, 0.05) is 5.56 Å². The highest BCUT2D eigenvalue weighted by Gasteiger charge is 2.29. The number of nitrogens with two attached hydrogens (primary N) is 1. The monoisotopic (exact) mass is 255 g/mol. The van der Waals surface area contributed by atoms with Crippen molar-refractivity contribution in [2.75, 3.05) is 6.54 Å². The van der Waals surface area contributed by atoms with Gasteiger partial charge in [-0.1, -0.05) is 6.42 Å². The lowest BCUT2D eigenvalue weighted by Gasteiger charge is -2.23. The molecule has 0 heterocycles. The van der Waals surface area contributed by atoms with Crippen LogP contribution in [0.4, 0.5) is 8.78 Å². The molecule has 0 unspecified atom stereocenters. The lowest BCUT2D eigenvalue weighted by molar-refractivity contribution is 0.00588. The Bertz CT molecular complexity index is 372. The van der Waals surface area contributed by atoms with E-state index in [-0.39, 0.29) is 11.7 Å². The molecule has 0 spiro atoms. The first-order chi connectivity index (χ1) is 8.62. The topological polar surface area (TPSA) is 35.2 Å². The molecule has 100 valence electrons. The second-order valence-corrected chi connectivity index (χ2v) is 4.81. The maximum atomic E-state index is 13.3. The van der Waals surface area contributed by atoms with E-state index in [1.807, 2.05) is 0 Å². The molecule has 0 amide bonds. The third-order valence-electron chi connectivity index (χ3n) is 3.39. The van der Waals surface area contributed by atoms with E-state index in [1.165, 1.54) is 31.4 Å². The number of ether oxygens (including phenoxy) is 1. The van der Waals surface area contributed by atoms with E-state index in [4.69, 9.17) is 10.5 Å². The fourth-order valence-corrected chi connectivity index (χ4v) is 2.27. The molecule has 2 N–H and O–H groups in total. The number of hydrogen-bond acceptors (Lipinski definition) is 2. The minimum atomic E-state index is -2.95. The molecular weight excluding hydrogens is 236 g/mol. The number of rotatable bonds is 4. The molecule has 1 aromatic carbocycles. The highest BCUT2D eigenvalue weighted by atomic mass is 19.3. The van der Waals surface area contributed by atoms with E-state index in [1.54, 1.807) is 12.1 Å². The van der Waals surface area contributed by atoms with E-state index in [0.29, 0.717) is 5.75 Å². The van der Waals surface area contributed by atoms with Crippen LogP contribution in [-0.4, -0.2) is 12.6 Å². The number of hydrogen-bond donors (Lipinski definition) is 1. The number of benzene rings is 1. The third-order valence-corrected chi connectivity index (χ3v) is 3.39.